The summed E-state index contributed by atoms with van der Waals surface area (Å²) in [6, 6.07) is 16.5. The Kier molecular flexibility index (Phi) is 6.47. The summed E-state index contributed by atoms with van der Waals surface area (Å²) in [6.07, 6.45) is 0.573. The lowest BCUT2D eigenvalue weighted by Gasteiger charge is -2.22. The molecule has 0 saturated carbocycles. The third kappa shape index (κ3) is 4.57. The minimum absolute atomic E-state index is 0.103. The number of nitrogens with zero attached hydrogens (tertiary/aromatic N) is 5. The van der Waals surface area contributed by atoms with Gasteiger partial charge in [0.05, 0.1) is 31.7 Å². The molecule has 0 spiro atoms. The highest BCUT2D eigenvalue weighted by molar-refractivity contribution is 7.99. The van der Waals surface area contributed by atoms with Gasteiger partial charge in [0.15, 0.2) is 5.16 Å². The number of fused-ring (bicyclic) bond motifs is 1. The molecule has 1 aliphatic rings. The molecule has 0 unspecified atom stereocenters. The van der Waals surface area contributed by atoms with Crippen LogP contribution in [0.2, 0.25) is 0 Å². The van der Waals surface area contributed by atoms with Gasteiger partial charge in [-0.1, -0.05) is 23.9 Å². The van der Waals surface area contributed by atoms with Crippen molar-refractivity contribution in [3.63, 3.8) is 0 Å². The van der Waals surface area contributed by atoms with Gasteiger partial charge in [-0.25, -0.2) is 5.01 Å². The summed E-state index contributed by atoms with van der Waals surface area (Å²) in [5, 5.41) is 15.0. The quantitative estimate of drug-likeness (QED) is 0.385. The predicted octanol–water partition coefficient (Wildman–Crippen LogP) is 3.21. The van der Waals surface area contributed by atoms with Crippen LogP contribution in [0, 0.1) is 6.92 Å². The number of thioether (sulfide) groups is 1. The van der Waals surface area contributed by atoms with E-state index in [2.05, 4.69) is 15.2 Å². The molecule has 4 aromatic rings. The molecule has 184 valence electrons. The van der Waals surface area contributed by atoms with E-state index in [-0.39, 0.29) is 23.3 Å². The molecule has 5 rings (SSSR count). The third-order valence-corrected chi connectivity index (χ3v) is 6.89. The number of hydrogen-bond acceptors (Lipinski definition) is 8. The Bertz CT molecular complexity index is 1490. The zero-order valence-electron chi connectivity index (χ0n) is 20.0. The lowest BCUT2D eigenvalue weighted by atomic mass is 9.98. The van der Waals surface area contributed by atoms with E-state index in [9.17, 15) is 9.59 Å². The van der Waals surface area contributed by atoms with Crippen molar-refractivity contribution in [3.8, 4) is 11.5 Å². The van der Waals surface area contributed by atoms with Gasteiger partial charge in [0, 0.05) is 18.2 Å². The second kappa shape index (κ2) is 9.86. The highest BCUT2D eigenvalue weighted by Crippen LogP contribution is 2.34. The first-order chi connectivity index (χ1) is 17.5. The standard InChI is InChI=1S/C25H24N6O4S/c1-15-12-22(32)26-24-27-28-25(30(15)24)36-14-23(33)31-21(17-6-10-19(35-3)11-7-17)13-20(29-31)16-4-8-18(34-2)9-5-16/h4-12,21H,13-14H2,1-3H3,(H,26,27,32)/t21-/m0/s1. The van der Waals surface area contributed by atoms with E-state index in [0.29, 0.717) is 23.0 Å². The van der Waals surface area contributed by atoms with E-state index in [1.165, 1.54) is 17.8 Å². The number of amides is 1. The molecule has 0 bridgehead atoms. The number of nitrogens with one attached hydrogen (secondary N) is 1. The zero-order chi connectivity index (χ0) is 25.2. The number of hydrazone groups is 1. The second-order valence-electron chi connectivity index (χ2n) is 8.21. The van der Waals surface area contributed by atoms with Gasteiger partial charge in [-0.3, -0.25) is 19.0 Å². The average molecular weight is 505 g/mol. The molecule has 0 radical (unpaired) electrons. The molecule has 2 aromatic heterocycles. The molecule has 2 aromatic carbocycles. The van der Waals surface area contributed by atoms with Crippen LogP contribution >= 0.6 is 11.8 Å². The van der Waals surface area contributed by atoms with Gasteiger partial charge in [0.1, 0.15) is 11.5 Å². The normalized spacial score (nSPS) is 15.2. The third-order valence-electron chi connectivity index (χ3n) is 5.98. The molecule has 36 heavy (non-hydrogen) atoms. The van der Waals surface area contributed by atoms with Crippen molar-refractivity contribution in [2.24, 2.45) is 5.10 Å². The number of carbonyl (C=O) groups excluding carboxylic acids is 1. The predicted molar refractivity (Wildman–Crippen MR) is 136 cm³/mol. The van der Waals surface area contributed by atoms with Gasteiger partial charge in [-0.2, -0.15) is 5.10 Å². The number of aromatic amines is 1. The van der Waals surface area contributed by atoms with Crippen molar-refractivity contribution in [3.05, 3.63) is 81.8 Å². The van der Waals surface area contributed by atoms with Gasteiger partial charge in [-0.05, 0) is 54.4 Å². The molecule has 11 heteroatoms. The monoisotopic (exact) mass is 504 g/mol. The van der Waals surface area contributed by atoms with Crippen molar-refractivity contribution in [1.82, 2.24) is 24.6 Å². The molecule has 1 amide bonds. The van der Waals surface area contributed by atoms with Crippen LogP contribution in [0.1, 0.15) is 29.3 Å². The fourth-order valence-electron chi connectivity index (χ4n) is 4.14. The fraction of sp³-hybridized carbons (Fsp3) is 0.240. The Morgan fingerprint density at radius 3 is 2.39 bits per heavy atom. The van der Waals surface area contributed by atoms with Crippen LogP contribution in [0.3, 0.4) is 0 Å². The van der Waals surface area contributed by atoms with Crippen molar-refractivity contribution >= 4 is 29.2 Å². The molecule has 1 atom stereocenters. The molecule has 0 fully saturated rings. The van der Waals surface area contributed by atoms with Gasteiger partial charge < -0.3 is 9.47 Å². The van der Waals surface area contributed by atoms with Crippen molar-refractivity contribution < 1.29 is 14.3 Å². The number of aryl methyl sites for hydroxylation is 1. The summed E-state index contributed by atoms with van der Waals surface area (Å²) in [5.74, 6) is 1.78. The maximum absolute atomic E-state index is 13.4. The number of carbonyl (C=O) groups is 1. The van der Waals surface area contributed by atoms with E-state index < -0.39 is 0 Å². The topological polar surface area (TPSA) is 114 Å². The maximum Gasteiger partial charge on any atom is 0.253 e. The molecule has 0 aliphatic carbocycles. The first-order valence-corrected chi connectivity index (χ1v) is 12.2. The van der Waals surface area contributed by atoms with Crippen LogP contribution in [0.25, 0.3) is 5.78 Å². The maximum atomic E-state index is 13.4. The lowest BCUT2D eigenvalue weighted by molar-refractivity contribution is -0.130. The van der Waals surface area contributed by atoms with Crippen LogP contribution in [0.4, 0.5) is 0 Å². The lowest BCUT2D eigenvalue weighted by Crippen LogP contribution is -2.28. The minimum atomic E-state index is -0.255. The fourth-order valence-corrected chi connectivity index (χ4v) is 4.98. The molecule has 1 aliphatic heterocycles. The SMILES string of the molecule is COc1ccc(C2=NN(C(=O)CSc3nnc4[nH]c(=O)cc(C)n34)[C@H](c3ccc(OC)cc3)C2)cc1. The molecule has 10 nitrogen and oxygen atoms in total. The van der Waals surface area contributed by atoms with E-state index in [1.807, 2.05) is 48.5 Å². The molecular weight excluding hydrogens is 480 g/mol. The van der Waals surface area contributed by atoms with Crippen molar-refractivity contribution in [2.75, 3.05) is 20.0 Å². The van der Waals surface area contributed by atoms with E-state index in [4.69, 9.17) is 14.6 Å². The first kappa shape index (κ1) is 23.6. The van der Waals surface area contributed by atoms with E-state index in [1.54, 1.807) is 30.6 Å². The van der Waals surface area contributed by atoms with Crippen LogP contribution in [0.5, 0.6) is 11.5 Å². The largest absolute Gasteiger partial charge is 0.497 e. The Hall–Kier alpha value is -4.12. The van der Waals surface area contributed by atoms with E-state index in [0.717, 1.165) is 28.3 Å². The molecule has 0 saturated heterocycles. The summed E-state index contributed by atoms with van der Waals surface area (Å²) in [7, 11) is 3.24. The first-order valence-electron chi connectivity index (χ1n) is 11.2. The highest BCUT2D eigenvalue weighted by Gasteiger charge is 2.33. The van der Waals surface area contributed by atoms with Gasteiger partial charge in [-0.15, -0.1) is 10.2 Å². The van der Waals surface area contributed by atoms with Gasteiger partial charge in [0.25, 0.3) is 11.5 Å². The number of hydrogen-bond donors (Lipinski definition) is 1. The number of ether oxygens (including phenoxy) is 2. The van der Waals surface area contributed by atoms with Crippen molar-refractivity contribution in [2.45, 2.75) is 24.5 Å². The van der Waals surface area contributed by atoms with Crippen LogP contribution < -0.4 is 15.0 Å². The zero-order valence-corrected chi connectivity index (χ0v) is 20.8. The minimum Gasteiger partial charge on any atom is -0.497 e. The number of methoxy groups -OCH3 is 2. The summed E-state index contributed by atoms with van der Waals surface area (Å²) >= 11 is 1.25. The molecule has 3 heterocycles. The summed E-state index contributed by atoms with van der Waals surface area (Å²) < 4.78 is 12.3. The number of benzene rings is 2. The number of aromatic nitrogens is 4. The highest BCUT2D eigenvalue weighted by atomic mass is 32.2. The number of rotatable bonds is 7. The molecule has 1 N–H and O–H groups in total. The summed E-state index contributed by atoms with van der Waals surface area (Å²) in [4.78, 5) is 27.8. The average Bonchev–Trinajstić information content (AvgIpc) is 3.52. The Morgan fingerprint density at radius 2 is 1.72 bits per heavy atom. The summed E-state index contributed by atoms with van der Waals surface area (Å²) in [5.41, 5.74) is 3.15. The Balaban J connectivity index is 1.41. The Morgan fingerprint density at radius 1 is 1.06 bits per heavy atom. The molecular formula is C25H24N6O4S. The van der Waals surface area contributed by atoms with Crippen LogP contribution in [0.15, 0.2) is 69.6 Å². The van der Waals surface area contributed by atoms with Crippen LogP contribution in [-0.2, 0) is 4.79 Å². The Labute approximate surface area is 211 Å². The smallest absolute Gasteiger partial charge is 0.253 e. The van der Waals surface area contributed by atoms with Gasteiger partial charge >= 0.3 is 0 Å². The van der Waals surface area contributed by atoms with Crippen LogP contribution in [-0.4, -0.2) is 56.2 Å². The van der Waals surface area contributed by atoms with E-state index >= 15 is 0 Å². The number of H-pyrrole nitrogens is 1. The second-order valence-corrected chi connectivity index (χ2v) is 9.15. The summed E-state index contributed by atoms with van der Waals surface area (Å²) in [6.45, 7) is 1.79. The van der Waals surface area contributed by atoms with Gasteiger partial charge in [0.2, 0.25) is 5.78 Å². The van der Waals surface area contributed by atoms with Crippen molar-refractivity contribution in [1.29, 1.82) is 0 Å².